The largest absolute Gasteiger partial charge is 0.440 e. The molecule has 3 aromatic rings. The first-order valence-electron chi connectivity index (χ1n) is 7.73. The number of fused-ring (bicyclic) bond motifs is 1. The minimum Gasteiger partial charge on any atom is -0.440 e. The maximum Gasteiger partial charge on any atom is 0.260 e. The molecule has 124 valence electrons. The molecule has 0 fully saturated rings. The summed E-state index contributed by atoms with van der Waals surface area (Å²) in [5, 5.41) is 1.86. The first kappa shape index (κ1) is 16.5. The highest BCUT2D eigenvalue weighted by Crippen LogP contribution is 2.21. The van der Waals surface area contributed by atoms with E-state index >= 15 is 0 Å². The average molecular weight is 345 g/mol. The predicted molar refractivity (Wildman–Crippen MR) is 92.9 cm³/mol. The van der Waals surface area contributed by atoms with E-state index in [9.17, 15) is 4.79 Å². The summed E-state index contributed by atoms with van der Waals surface area (Å²) in [5.41, 5.74) is 1.91. The van der Waals surface area contributed by atoms with Gasteiger partial charge in [0.1, 0.15) is 11.9 Å². The highest BCUT2D eigenvalue weighted by atomic mass is 35.5. The summed E-state index contributed by atoms with van der Waals surface area (Å²) in [7, 11) is 0. The Labute approximate surface area is 144 Å². The maximum atomic E-state index is 12.6. The third kappa shape index (κ3) is 3.75. The number of benzene rings is 2. The highest BCUT2D eigenvalue weighted by Gasteiger charge is 2.20. The minimum atomic E-state index is -0.243. The van der Waals surface area contributed by atoms with E-state index in [0.717, 1.165) is 6.42 Å². The van der Waals surface area contributed by atoms with Crippen LogP contribution in [0.2, 0.25) is 5.02 Å². The van der Waals surface area contributed by atoms with Gasteiger partial charge in [0, 0.05) is 11.1 Å². The van der Waals surface area contributed by atoms with Crippen LogP contribution in [0.4, 0.5) is 5.69 Å². The summed E-state index contributed by atoms with van der Waals surface area (Å²) in [6.45, 7) is 2.43. The van der Waals surface area contributed by atoms with Crippen molar-refractivity contribution in [3.8, 4) is 0 Å². The van der Waals surface area contributed by atoms with Gasteiger partial charge in [-0.3, -0.25) is 9.63 Å². The normalized spacial score (nSPS) is 10.9. The van der Waals surface area contributed by atoms with Gasteiger partial charge in [-0.2, -0.15) is 5.06 Å². The van der Waals surface area contributed by atoms with E-state index in [-0.39, 0.29) is 12.3 Å². The molecule has 5 nitrogen and oxygen atoms in total. The van der Waals surface area contributed by atoms with Gasteiger partial charge in [0.25, 0.3) is 5.91 Å². The SMILES string of the molecule is CCCON(C(=O)Cc1nc2ccc(Cl)cc2o1)c1ccccc1. The summed E-state index contributed by atoms with van der Waals surface area (Å²) in [4.78, 5) is 22.6. The number of hydrogen-bond donors (Lipinski definition) is 0. The van der Waals surface area contributed by atoms with Crippen molar-refractivity contribution in [2.24, 2.45) is 0 Å². The van der Waals surface area contributed by atoms with Crippen LogP contribution in [0.1, 0.15) is 19.2 Å². The Bertz CT molecular complexity index is 833. The van der Waals surface area contributed by atoms with Crippen LogP contribution >= 0.6 is 11.6 Å². The summed E-state index contributed by atoms with van der Waals surface area (Å²) in [6, 6.07) is 14.4. The number of amides is 1. The Hall–Kier alpha value is -2.37. The van der Waals surface area contributed by atoms with Gasteiger partial charge in [-0.25, -0.2) is 4.98 Å². The summed E-state index contributed by atoms with van der Waals surface area (Å²) < 4.78 is 5.61. The van der Waals surface area contributed by atoms with Crippen molar-refractivity contribution in [2.45, 2.75) is 19.8 Å². The standard InChI is InChI=1S/C18H17ClN2O3/c1-2-10-23-21(14-6-4-3-5-7-14)18(22)12-17-20-15-9-8-13(19)11-16(15)24-17/h3-9,11H,2,10,12H2,1H3. The van der Waals surface area contributed by atoms with Crippen LogP contribution in [0.5, 0.6) is 0 Å². The molecule has 0 N–H and O–H groups in total. The zero-order valence-electron chi connectivity index (χ0n) is 13.2. The van der Waals surface area contributed by atoms with E-state index in [0.29, 0.717) is 34.3 Å². The van der Waals surface area contributed by atoms with Crippen molar-refractivity contribution in [3.05, 3.63) is 59.4 Å². The zero-order chi connectivity index (χ0) is 16.9. The fraction of sp³-hybridized carbons (Fsp3) is 0.222. The first-order chi connectivity index (χ1) is 11.7. The lowest BCUT2D eigenvalue weighted by Crippen LogP contribution is -2.32. The molecule has 0 aliphatic rings. The zero-order valence-corrected chi connectivity index (χ0v) is 14.0. The molecule has 0 bridgehead atoms. The van der Waals surface area contributed by atoms with Gasteiger partial charge >= 0.3 is 0 Å². The van der Waals surface area contributed by atoms with Gasteiger partial charge < -0.3 is 4.42 Å². The van der Waals surface area contributed by atoms with Gasteiger partial charge in [0.2, 0.25) is 5.89 Å². The molecule has 0 unspecified atom stereocenters. The summed E-state index contributed by atoms with van der Waals surface area (Å²) in [5.74, 6) is 0.0885. The summed E-state index contributed by atoms with van der Waals surface area (Å²) in [6.07, 6.45) is 0.808. The molecule has 0 atom stereocenters. The third-order valence-corrected chi connectivity index (χ3v) is 3.57. The molecule has 24 heavy (non-hydrogen) atoms. The van der Waals surface area contributed by atoms with E-state index in [1.54, 1.807) is 18.2 Å². The molecule has 3 rings (SSSR count). The number of aromatic nitrogens is 1. The van der Waals surface area contributed by atoms with Crippen molar-refractivity contribution < 1.29 is 14.0 Å². The Morgan fingerprint density at radius 2 is 2.04 bits per heavy atom. The second-order valence-electron chi connectivity index (χ2n) is 5.25. The monoisotopic (exact) mass is 344 g/mol. The van der Waals surface area contributed by atoms with Crippen LogP contribution in [0.25, 0.3) is 11.1 Å². The van der Waals surface area contributed by atoms with Crippen LogP contribution in [-0.2, 0) is 16.1 Å². The lowest BCUT2D eigenvalue weighted by atomic mass is 10.3. The Kier molecular flexibility index (Phi) is 5.13. The van der Waals surface area contributed by atoms with Crippen LogP contribution in [0.3, 0.4) is 0 Å². The smallest absolute Gasteiger partial charge is 0.260 e. The van der Waals surface area contributed by atoms with Crippen LogP contribution in [0, 0.1) is 0 Å². The first-order valence-corrected chi connectivity index (χ1v) is 8.11. The second kappa shape index (κ2) is 7.47. The number of carbonyl (C=O) groups is 1. The van der Waals surface area contributed by atoms with Crippen LogP contribution in [0.15, 0.2) is 52.9 Å². The molecule has 0 spiro atoms. The van der Waals surface area contributed by atoms with Crippen molar-refractivity contribution in [3.63, 3.8) is 0 Å². The Morgan fingerprint density at radius 1 is 1.25 bits per heavy atom. The molecule has 0 aliphatic carbocycles. The molecule has 1 heterocycles. The van der Waals surface area contributed by atoms with Crippen molar-refractivity contribution in [2.75, 3.05) is 11.7 Å². The van der Waals surface area contributed by atoms with Crippen LogP contribution in [-0.4, -0.2) is 17.5 Å². The molecular formula is C18H17ClN2O3. The number of hydroxylamine groups is 1. The average Bonchev–Trinajstić information content (AvgIpc) is 2.97. The molecule has 2 aromatic carbocycles. The van der Waals surface area contributed by atoms with E-state index in [1.807, 2.05) is 37.3 Å². The maximum absolute atomic E-state index is 12.6. The third-order valence-electron chi connectivity index (χ3n) is 3.34. The number of rotatable bonds is 6. The van der Waals surface area contributed by atoms with Crippen molar-refractivity contribution >= 4 is 34.3 Å². The number of oxazole rings is 1. The molecule has 0 radical (unpaired) electrons. The van der Waals surface area contributed by atoms with Gasteiger partial charge in [-0.1, -0.05) is 36.7 Å². The predicted octanol–water partition coefficient (Wildman–Crippen LogP) is 4.40. The highest BCUT2D eigenvalue weighted by molar-refractivity contribution is 6.31. The van der Waals surface area contributed by atoms with Crippen molar-refractivity contribution in [1.29, 1.82) is 0 Å². The van der Waals surface area contributed by atoms with Crippen molar-refractivity contribution in [1.82, 2.24) is 4.98 Å². The molecule has 0 saturated carbocycles. The molecule has 0 saturated heterocycles. The van der Waals surface area contributed by atoms with Crippen LogP contribution < -0.4 is 5.06 Å². The lowest BCUT2D eigenvalue weighted by Gasteiger charge is -2.21. The van der Waals surface area contributed by atoms with E-state index in [2.05, 4.69) is 4.98 Å². The van der Waals surface area contributed by atoms with Gasteiger partial charge in [-0.15, -0.1) is 0 Å². The summed E-state index contributed by atoms with van der Waals surface area (Å²) >= 11 is 5.94. The minimum absolute atomic E-state index is 0.00487. The fourth-order valence-corrected chi connectivity index (χ4v) is 2.42. The molecule has 6 heteroatoms. The number of anilines is 1. The molecular weight excluding hydrogens is 328 g/mol. The number of nitrogens with zero attached hydrogens (tertiary/aromatic N) is 2. The molecule has 1 aromatic heterocycles. The number of carbonyl (C=O) groups excluding carboxylic acids is 1. The fourth-order valence-electron chi connectivity index (χ4n) is 2.26. The number of halogens is 1. The second-order valence-corrected chi connectivity index (χ2v) is 5.69. The van der Waals surface area contributed by atoms with E-state index < -0.39 is 0 Å². The quantitative estimate of drug-likeness (QED) is 0.622. The topological polar surface area (TPSA) is 55.6 Å². The van der Waals surface area contributed by atoms with Gasteiger partial charge in [-0.05, 0) is 30.7 Å². The van der Waals surface area contributed by atoms with E-state index in [4.69, 9.17) is 20.9 Å². The lowest BCUT2D eigenvalue weighted by molar-refractivity contribution is -0.125. The molecule has 1 amide bonds. The Balaban J connectivity index is 1.81. The van der Waals surface area contributed by atoms with E-state index in [1.165, 1.54) is 5.06 Å². The number of hydrogen-bond acceptors (Lipinski definition) is 4. The van der Waals surface area contributed by atoms with Gasteiger partial charge in [0.05, 0.1) is 12.3 Å². The van der Waals surface area contributed by atoms with Gasteiger partial charge in [0.15, 0.2) is 5.58 Å². The number of para-hydroxylation sites is 1. The Morgan fingerprint density at radius 3 is 2.79 bits per heavy atom. The molecule has 0 aliphatic heterocycles.